The molecule has 0 radical (unpaired) electrons. The van der Waals surface area contributed by atoms with Gasteiger partial charge < -0.3 is 0 Å². The molecule has 0 bridgehead atoms. The second-order valence-electron chi connectivity index (χ2n) is 3.40. The first-order chi connectivity index (χ1) is 7.59. The van der Waals surface area contributed by atoms with Gasteiger partial charge in [-0.05, 0) is 24.1 Å². The molecule has 0 fully saturated rings. The molecule has 17 heavy (non-hydrogen) atoms. The summed E-state index contributed by atoms with van der Waals surface area (Å²) >= 11 is 0. The van der Waals surface area contributed by atoms with E-state index in [0.29, 0.717) is 0 Å². The van der Waals surface area contributed by atoms with Crippen molar-refractivity contribution in [2.75, 3.05) is 0 Å². The number of nitrogens with two attached hydrogens (primary N) is 1. The Kier molecular flexibility index (Phi) is 3.80. The fraction of sp³-hybridized carbons (Fsp3) is 0.333. The monoisotopic (exact) mass is 269 g/mol. The third kappa shape index (κ3) is 4.33. The minimum Gasteiger partial charge on any atom is -0.253 e. The highest BCUT2D eigenvalue weighted by Crippen LogP contribution is 2.32. The lowest BCUT2D eigenvalue weighted by atomic mass is 10.1. The summed E-state index contributed by atoms with van der Waals surface area (Å²) in [6.45, 7) is 0.787. The van der Waals surface area contributed by atoms with Gasteiger partial charge in [-0.1, -0.05) is 12.1 Å². The molecule has 4 nitrogen and oxygen atoms in total. The molecule has 0 atom stereocenters. The van der Waals surface area contributed by atoms with Crippen LogP contribution in [0.3, 0.4) is 0 Å². The van der Waals surface area contributed by atoms with E-state index in [2.05, 4.69) is 9.32 Å². The van der Waals surface area contributed by atoms with E-state index in [0.717, 1.165) is 6.07 Å². The maximum atomic E-state index is 12.5. The zero-order chi connectivity index (χ0) is 13.3. The zero-order valence-corrected chi connectivity index (χ0v) is 9.60. The van der Waals surface area contributed by atoms with E-state index >= 15 is 0 Å². The Labute approximate surface area is 96.4 Å². The van der Waals surface area contributed by atoms with Gasteiger partial charge in [0.15, 0.2) is 0 Å². The first-order valence-corrected chi connectivity index (χ1v) is 5.90. The van der Waals surface area contributed by atoms with Gasteiger partial charge in [-0.15, -0.1) is 0 Å². The summed E-state index contributed by atoms with van der Waals surface area (Å²) in [4.78, 5) is 0. The summed E-state index contributed by atoms with van der Waals surface area (Å²) in [5.41, 5.74) is -0.693. The first-order valence-electron chi connectivity index (χ1n) is 4.43. The summed E-state index contributed by atoms with van der Waals surface area (Å²) in [7, 11) is -4.16. The number of hydrogen-bond acceptors (Lipinski definition) is 3. The largest absolute Gasteiger partial charge is 0.416 e. The lowest BCUT2D eigenvalue weighted by molar-refractivity contribution is -0.138. The Morgan fingerprint density at radius 3 is 2.41 bits per heavy atom. The Hall–Kier alpha value is -1.12. The fourth-order valence-corrected chi connectivity index (χ4v) is 1.51. The van der Waals surface area contributed by atoms with Gasteiger partial charge in [-0.25, -0.2) is 5.14 Å². The van der Waals surface area contributed by atoms with Gasteiger partial charge in [-0.3, -0.25) is 4.18 Å². The third-order valence-corrected chi connectivity index (χ3v) is 2.44. The van der Waals surface area contributed by atoms with E-state index < -0.39 is 28.7 Å². The van der Waals surface area contributed by atoms with Gasteiger partial charge >= 0.3 is 16.5 Å². The number of rotatable bonds is 3. The molecule has 0 amide bonds. The third-order valence-electron chi connectivity index (χ3n) is 2.00. The highest BCUT2D eigenvalue weighted by Gasteiger charge is 2.32. The Morgan fingerprint density at radius 2 is 1.94 bits per heavy atom. The molecule has 96 valence electrons. The van der Waals surface area contributed by atoms with E-state index in [1.165, 1.54) is 19.1 Å². The van der Waals surface area contributed by atoms with Crippen LogP contribution in [0.1, 0.15) is 16.7 Å². The quantitative estimate of drug-likeness (QED) is 0.908. The summed E-state index contributed by atoms with van der Waals surface area (Å²) in [5, 5.41) is 4.56. The molecule has 8 heteroatoms. The number of hydrogen-bond donors (Lipinski definition) is 1. The average molecular weight is 269 g/mol. The minimum absolute atomic E-state index is 0.0526. The van der Waals surface area contributed by atoms with Gasteiger partial charge in [0, 0.05) is 0 Å². The molecule has 0 saturated heterocycles. The van der Waals surface area contributed by atoms with Crippen LogP contribution in [0.5, 0.6) is 0 Å². The molecular weight excluding hydrogens is 259 g/mol. The van der Waals surface area contributed by atoms with Crippen LogP contribution in [0.4, 0.5) is 13.2 Å². The van der Waals surface area contributed by atoms with Gasteiger partial charge in [0.25, 0.3) is 0 Å². The van der Waals surface area contributed by atoms with Crippen molar-refractivity contribution in [3.05, 3.63) is 34.9 Å². The fourth-order valence-electron chi connectivity index (χ4n) is 1.21. The predicted molar refractivity (Wildman–Crippen MR) is 54.1 cm³/mol. The molecule has 1 rings (SSSR count). The van der Waals surface area contributed by atoms with E-state index in [1.54, 1.807) is 0 Å². The lowest BCUT2D eigenvalue weighted by Gasteiger charge is -2.11. The normalized spacial score (nSPS) is 12.8. The lowest BCUT2D eigenvalue weighted by Crippen LogP contribution is -2.16. The molecule has 0 unspecified atom stereocenters. The molecule has 0 heterocycles. The number of benzene rings is 1. The van der Waals surface area contributed by atoms with Crippen molar-refractivity contribution >= 4 is 10.3 Å². The standard InChI is InChI=1S/C9H10F3NO3S/c1-6-2-3-7(5-16-17(13,14)15)4-8(6)9(10,11)12/h2-4H,5H2,1H3,(H2,13,14,15). The van der Waals surface area contributed by atoms with Crippen LogP contribution in [-0.2, 0) is 27.3 Å². The van der Waals surface area contributed by atoms with E-state index in [-0.39, 0.29) is 11.1 Å². The molecule has 0 spiro atoms. The van der Waals surface area contributed by atoms with Gasteiger partial charge in [-0.2, -0.15) is 21.6 Å². The highest BCUT2D eigenvalue weighted by atomic mass is 32.2. The van der Waals surface area contributed by atoms with E-state index in [1.807, 2.05) is 0 Å². The second-order valence-corrected chi connectivity index (χ2v) is 4.62. The molecule has 0 aliphatic rings. The number of alkyl halides is 3. The van der Waals surface area contributed by atoms with E-state index in [9.17, 15) is 21.6 Å². The van der Waals surface area contributed by atoms with Crippen molar-refractivity contribution in [3.8, 4) is 0 Å². The zero-order valence-electron chi connectivity index (χ0n) is 8.78. The smallest absolute Gasteiger partial charge is 0.253 e. The van der Waals surface area contributed by atoms with Crippen LogP contribution < -0.4 is 5.14 Å². The van der Waals surface area contributed by atoms with Gasteiger partial charge in [0.05, 0.1) is 12.2 Å². The van der Waals surface area contributed by atoms with Crippen molar-refractivity contribution in [1.29, 1.82) is 0 Å². The molecule has 0 aliphatic carbocycles. The molecule has 1 aromatic rings. The van der Waals surface area contributed by atoms with Gasteiger partial charge in [0.2, 0.25) is 0 Å². The Morgan fingerprint density at radius 1 is 1.35 bits per heavy atom. The van der Waals surface area contributed by atoms with Crippen LogP contribution in [0.2, 0.25) is 0 Å². The molecule has 0 aliphatic heterocycles. The van der Waals surface area contributed by atoms with Crippen molar-refractivity contribution in [2.24, 2.45) is 5.14 Å². The van der Waals surface area contributed by atoms with Gasteiger partial charge in [0.1, 0.15) is 0 Å². The Bertz CT molecular complexity index is 511. The topological polar surface area (TPSA) is 69.4 Å². The van der Waals surface area contributed by atoms with Crippen LogP contribution in [0.15, 0.2) is 18.2 Å². The number of halogens is 3. The van der Waals surface area contributed by atoms with Crippen molar-refractivity contribution in [3.63, 3.8) is 0 Å². The van der Waals surface area contributed by atoms with Crippen LogP contribution in [0.25, 0.3) is 0 Å². The summed E-state index contributed by atoms with van der Waals surface area (Å²) in [6, 6.07) is 3.42. The Balaban J connectivity index is 2.98. The number of aryl methyl sites for hydroxylation is 1. The van der Waals surface area contributed by atoms with Crippen molar-refractivity contribution in [2.45, 2.75) is 19.7 Å². The summed E-state index contributed by atoms with van der Waals surface area (Å²) in [5.74, 6) is 0. The molecule has 0 saturated carbocycles. The minimum atomic E-state index is -4.48. The molecular formula is C9H10F3NO3S. The van der Waals surface area contributed by atoms with Crippen molar-refractivity contribution in [1.82, 2.24) is 0 Å². The highest BCUT2D eigenvalue weighted by molar-refractivity contribution is 7.84. The van der Waals surface area contributed by atoms with Crippen LogP contribution in [0, 0.1) is 6.92 Å². The maximum absolute atomic E-state index is 12.5. The SMILES string of the molecule is Cc1ccc(COS(N)(=O)=O)cc1C(F)(F)F. The predicted octanol–water partition coefficient (Wildman–Crippen LogP) is 1.73. The van der Waals surface area contributed by atoms with Crippen LogP contribution in [-0.4, -0.2) is 8.42 Å². The summed E-state index contributed by atoms with van der Waals surface area (Å²) < 4.78 is 62.7. The van der Waals surface area contributed by atoms with Crippen molar-refractivity contribution < 1.29 is 25.8 Å². The van der Waals surface area contributed by atoms with Crippen LogP contribution >= 0.6 is 0 Å². The first kappa shape index (κ1) is 13.9. The maximum Gasteiger partial charge on any atom is 0.416 e. The molecule has 0 aromatic heterocycles. The molecule has 1 aromatic carbocycles. The summed E-state index contributed by atoms with van der Waals surface area (Å²) in [6.07, 6.45) is -4.48. The average Bonchev–Trinajstić information content (AvgIpc) is 2.13. The van der Waals surface area contributed by atoms with E-state index in [4.69, 9.17) is 0 Å². The second kappa shape index (κ2) is 4.63. The molecule has 2 N–H and O–H groups in total.